The number of carbonyl (C=O) groups is 1. The van der Waals surface area contributed by atoms with Gasteiger partial charge in [0.1, 0.15) is 11.5 Å². The molecule has 1 saturated carbocycles. The highest BCUT2D eigenvalue weighted by atomic mass is 16.3. The monoisotopic (exact) mass is 249 g/mol. The second kappa shape index (κ2) is 5.82. The van der Waals surface area contributed by atoms with Crippen LogP contribution in [0.2, 0.25) is 0 Å². The second-order valence-corrected chi connectivity index (χ2v) is 4.61. The van der Waals surface area contributed by atoms with Crippen LogP contribution in [0.3, 0.4) is 0 Å². The molecule has 1 amide bonds. The highest BCUT2D eigenvalue weighted by Gasteiger charge is 2.27. The number of carbonyl (C=O) groups excluding carboxylic acids is 1. The third-order valence-electron chi connectivity index (χ3n) is 3.36. The van der Waals surface area contributed by atoms with Crippen molar-refractivity contribution in [3.05, 3.63) is 23.9 Å². The summed E-state index contributed by atoms with van der Waals surface area (Å²) in [4.78, 5) is 18.2. The van der Waals surface area contributed by atoms with Gasteiger partial charge in [-0.2, -0.15) is 0 Å². The molecule has 1 aliphatic rings. The molecule has 5 nitrogen and oxygen atoms in total. The Hall–Kier alpha value is -1.62. The number of aromatic nitrogens is 1. The zero-order valence-electron chi connectivity index (χ0n) is 10.4. The van der Waals surface area contributed by atoms with Crippen LogP contribution in [0.5, 0.6) is 0 Å². The van der Waals surface area contributed by atoms with Gasteiger partial charge in [-0.05, 0) is 25.0 Å². The molecule has 0 spiro atoms. The lowest BCUT2D eigenvalue weighted by Crippen LogP contribution is -2.41. The molecule has 1 fully saturated rings. The van der Waals surface area contributed by atoms with Gasteiger partial charge in [0.2, 0.25) is 0 Å². The Labute approximate surface area is 107 Å². The maximum absolute atomic E-state index is 12.4. The maximum atomic E-state index is 12.4. The molecule has 0 saturated heterocycles. The first-order valence-corrected chi connectivity index (χ1v) is 6.36. The largest absolute Gasteiger partial charge is 0.395 e. The third kappa shape index (κ3) is 2.79. The fraction of sp³-hybridized carbons (Fsp3) is 0.538. The van der Waals surface area contributed by atoms with Crippen molar-refractivity contribution in [2.24, 2.45) is 0 Å². The molecule has 0 radical (unpaired) electrons. The summed E-state index contributed by atoms with van der Waals surface area (Å²) in [5.41, 5.74) is 5.95. The van der Waals surface area contributed by atoms with Gasteiger partial charge in [-0.25, -0.2) is 4.98 Å². The van der Waals surface area contributed by atoms with Crippen LogP contribution >= 0.6 is 0 Å². The van der Waals surface area contributed by atoms with Gasteiger partial charge in [-0.1, -0.05) is 18.9 Å². The summed E-state index contributed by atoms with van der Waals surface area (Å²) < 4.78 is 0. The molecule has 1 aromatic heterocycles. The van der Waals surface area contributed by atoms with E-state index < -0.39 is 0 Å². The summed E-state index contributed by atoms with van der Waals surface area (Å²) in [5, 5.41) is 9.11. The molecule has 0 unspecified atom stereocenters. The normalized spacial score (nSPS) is 15.8. The molecular formula is C13H19N3O2. The summed E-state index contributed by atoms with van der Waals surface area (Å²) in [6, 6.07) is 5.27. The topological polar surface area (TPSA) is 79.5 Å². The zero-order chi connectivity index (χ0) is 13.0. The molecule has 1 aliphatic carbocycles. The van der Waals surface area contributed by atoms with Crippen LogP contribution in [0.4, 0.5) is 5.82 Å². The minimum Gasteiger partial charge on any atom is -0.395 e. The number of hydrogen-bond donors (Lipinski definition) is 2. The molecule has 18 heavy (non-hydrogen) atoms. The number of rotatable bonds is 4. The van der Waals surface area contributed by atoms with Crippen molar-refractivity contribution in [3.63, 3.8) is 0 Å². The van der Waals surface area contributed by atoms with E-state index in [0.717, 1.165) is 25.7 Å². The first-order chi connectivity index (χ1) is 8.72. The SMILES string of the molecule is Nc1cccc(C(=O)N(CCO)C2CCCC2)n1. The number of nitrogens with zero attached hydrogens (tertiary/aromatic N) is 2. The number of nitrogens with two attached hydrogens (primary N) is 1. The van der Waals surface area contributed by atoms with Gasteiger partial charge in [0.15, 0.2) is 0 Å². The molecule has 3 N–H and O–H groups in total. The van der Waals surface area contributed by atoms with Crippen LogP contribution in [0.25, 0.3) is 0 Å². The molecule has 5 heteroatoms. The smallest absolute Gasteiger partial charge is 0.272 e. The second-order valence-electron chi connectivity index (χ2n) is 4.61. The Balaban J connectivity index is 2.17. The standard InChI is InChI=1S/C13H19N3O2/c14-12-7-3-6-11(15-12)13(18)16(8-9-17)10-4-1-2-5-10/h3,6-7,10,17H,1-2,4-5,8-9H2,(H2,14,15). The van der Waals surface area contributed by atoms with E-state index in [4.69, 9.17) is 10.8 Å². The molecule has 0 aromatic carbocycles. The first kappa shape index (κ1) is 12.8. The fourth-order valence-corrected chi connectivity index (χ4v) is 2.49. The number of nitrogen functional groups attached to an aromatic ring is 1. The fourth-order valence-electron chi connectivity index (χ4n) is 2.49. The van der Waals surface area contributed by atoms with Crippen molar-refractivity contribution >= 4 is 11.7 Å². The zero-order valence-corrected chi connectivity index (χ0v) is 10.4. The van der Waals surface area contributed by atoms with Gasteiger partial charge in [0.25, 0.3) is 5.91 Å². The van der Waals surface area contributed by atoms with Crippen molar-refractivity contribution < 1.29 is 9.90 Å². The lowest BCUT2D eigenvalue weighted by atomic mass is 10.2. The first-order valence-electron chi connectivity index (χ1n) is 6.36. The Bertz CT molecular complexity index is 416. The molecule has 1 heterocycles. The van der Waals surface area contributed by atoms with Crippen LogP contribution < -0.4 is 5.73 Å². The van der Waals surface area contributed by atoms with E-state index in [1.54, 1.807) is 23.1 Å². The molecule has 0 aliphatic heterocycles. The Morgan fingerprint density at radius 1 is 1.44 bits per heavy atom. The summed E-state index contributed by atoms with van der Waals surface area (Å²) >= 11 is 0. The lowest BCUT2D eigenvalue weighted by molar-refractivity contribution is 0.0632. The summed E-state index contributed by atoms with van der Waals surface area (Å²) in [5.74, 6) is 0.208. The van der Waals surface area contributed by atoms with Crippen LogP contribution in [0, 0.1) is 0 Å². The Kier molecular flexibility index (Phi) is 4.15. The maximum Gasteiger partial charge on any atom is 0.272 e. The van der Waals surface area contributed by atoms with Gasteiger partial charge in [0, 0.05) is 12.6 Å². The number of aliphatic hydroxyl groups excluding tert-OH is 1. The van der Waals surface area contributed by atoms with Gasteiger partial charge in [-0.3, -0.25) is 4.79 Å². The van der Waals surface area contributed by atoms with E-state index in [-0.39, 0.29) is 18.6 Å². The van der Waals surface area contributed by atoms with E-state index >= 15 is 0 Å². The van der Waals surface area contributed by atoms with Crippen LogP contribution in [-0.2, 0) is 0 Å². The predicted molar refractivity (Wildman–Crippen MR) is 69.0 cm³/mol. The number of aliphatic hydroxyl groups is 1. The molecule has 2 rings (SSSR count). The lowest BCUT2D eigenvalue weighted by Gasteiger charge is -2.28. The average molecular weight is 249 g/mol. The van der Waals surface area contributed by atoms with Gasteiger partial charge in [0.05, 0.1) is 6.61 Å². The van der Waals surface area contributed by atoms with Crippen molar-refractivity contribution in [2.45, 2.75) is 31.7 Å². The van der Waals surface area contributed by atoms with Gasteiger partial charge in [-0.15, -0.1) is 0 Å². The van der Waals surface area contributed by atoms with Crippen LogP contribution in [-0.4, -0.2) is 40.1 Å². The Morgan fingerprint density at radius 2 is 2.17 bits per heavy atom. The molecule has 1 aromatic rings. The minimum absolute atomic E-state index is 0.0233. The van der Waals surface area contributed by atoms with Crippen molar-refractivity contribution in [1.29, 1.82) is 0 Å². The summed E-state index contributed by atoms with van der Waals surface area (Å²) in [7, 11) is 0. The quantitative estimate of drug-likeness (QED) is 0.835. The number of hydrogen-bond acceptors (Lipinski definition) is 4. The van der Waals surface area contributed by atoms with E-state index in [0.29, 0.717) is 18.1 Å². The van der Waals surface area contributed by atoms with Crippen LogP contribution in [0.1, 0.15) is 36.2 Å². The molecule has 0 bridgehead atoms. The van der Waals surface area contributed by atoms with E-state index in [1.807, 2.05) is 0 Å². The predicted octanol–water partition coefficient (Wildman–Crippen LogP) is 1.04. The van der Waals surface area contributed by atoms with Crippen molar-refractivity contribution in [3.8, 4) is 0 Å². The van der Waals surface area contributed by atoms with E-state index in [2.05, 4.69) is 4.98 Å². The van der Waals surface area contributed by atoms with Crippen molar-refractivity contribution in [2.75, 3.05) is 18.9 Å². The molecule has 0 atom stereocenters. The minimum atomic E-state index is -0.136. The third-order valence-corrected chi connectivity index (χ3v) is 3.36. The number of amides is 1. The van der Waals surface area contributed by atoms with Crippen molar-refractivity contribution in [1.82, 2.24) is 9.88 Å². The Morgan fingerprint density at radius 3 is 2.78 bits per heavy atom. The van der Waals surface area contributed by atoms with E-state index in [1.165, 1.54) is 0 Å². The number of pyridine rings is 1. The summed E-state index contributed by atoms with van der Waals surface area (Å²) in [6.07, 6.45) is 4.30. The number of anilines is 1. The highest BCUT2D eigenvalue weighted by molar-refractivity contribution is 5.92. The summed E-state index contributed by atoms with van der Waals surface area (Å²) in [6.45, 7) is 0.338. The molecule has 98 valence electrons. The highest BCUT2D eigenvalue weighted by Crippen LogP contribution is 2.24. The average Bonchev–Trinajstić information content (AvgIpc) is 2.89. The molecular weight excluding hydrogens is 230 g/mol. The van der Waals surface area contributed by atoms with E-state index in [9.17, 15) is 4.79 Å². The van der Waals surface area contributed by atoms with Crippen LogP contribution in [0.15, 0.2) is 18.2 Å². The van der Waals surface area contributed by atoms with Gasteiger partial charge < -0.3 is 15.7 Å². The van der Waals surface area contributed by atoms with Gasteiger partial charge >= 0.3 is 0 Å².